The van der Waals surface area contributed by atoms with E-state index in [0.29, 0.717) is 12.2 Å². The average Bonchev–Trinajstić information content (AvgIpc) is 2.75. The Bertz CT molecular complexity index is 865. The minimum absolute atomic E-state index is 0.0291. The molecular weight excluding hydrogens is 395 g/mol. The molecule has 1 saturated heterocycles. The molecule has 9 heteroatoms. The molecule has 0 amide bonds. The van der Waals surface area contributed by atoms with Crippen LogP contribution in [0.25, 0.3) is 0 Å². The number of hydrogen-bond acceptors (Lipinski definition) is 5. The number of nitrogens with zero attached hydrogens (tertiary/aromatic N) is 1. The zero-order valence-electron chi connectivity index (χ0n) is 16.5. The number of rotatable bonds is 6. The molecule has 0 spiro atoms. The van der Waals surface area contributed by atoms with E-state index < -0.39 is 11.7 Å². The quantitative estimate of drug-likeness (QED) is 0.249. The van der Waals surface area contributed by atoms with Gasteiger partial charge in [-0.25, -0.2) is 5.84 Å². The van der Waals surface area contributed by atoms with Gasteiger partial charge in [-0.15, -0.1) is 0 Å². The average molecular weight is 421 g/mol. The van der Waals surface area contributed by atoms with Crippen molar-refractivity contribution in [2.45, 2.75) is 31.0 Å². The summed E-state index contributed by atoms with van der Waals surface area (Å²) in [7, 11) is 0. The molecule has 0 atom stereocenters. The van der Waals surface area contributed by atoms with Crippen LogP contribution in [0.5, 0.6) is 0 Å². The Morgan fingerprint density at radius 1 is 1.13 bits per heavy atom. The summed E-state index contributed by atoms with van der Waals surface area (Å²) in [6.07, 6.45) is -2.72. The van der Waals surface area contributed by atoms with Gasteiger partial charge in [0.05, 0.1) is 18.8 Å². The van der Waals surface area contributed by atoms with E-state index in [1.807, 2.05) is 18.2 Å². The summed E-state index contributed by atoms with van der Waals surface area (Å²) in [5.74, 6) is 10.5. The number of ether oxygens (including phenoxy) is 1. The van der Waals surface area contributed by atoms with E-state index in [9.17, 15) is 13.2 Å². The molecule has 6 N–H and O–H groups in total. The third-order valence-corrected chi connectivity index (χ3v) is 5.45. The predicted molar refractivity (Wildman–Crippen MR) is 109 cm³/mol. The number of alkyl halides is 3. The first-order valence-corrected chi connectivity index (χ1v) is 9.68. The molecule has 6 nitrogen and oxygen atoms in total. The fourth-order valence-electron chi connectivity index (χ4n) is 3.85. The molecule has 0 bridgehead atoms. The molecular formula is C21H26F3N5O. The van der Waals surface area contributed by atoms with Crippen molar-refractivity contribution in [2.24, 2.45) is 16.8 Å². The van der Waals surface area contributed by atoms with Gasteiger partial charge in [-0.1, -0.05) is 30.3 Å². The zero-order chi connectivity index (χ0) is 21.6. The maximum Gasteiger partial charge on any atom is 0.416 e. The van der Waals surface area contributed by atoms with Crippen LogP contribution in [0.15, 0.2) is 53.6 Å². The largest absolute Gasteiger partial charge is 0.416 e. The van der Waals surface area contributed by atoms with Gasteiger partial charge >= 0.3 is 6.18 Å². The van der Waals surface area contributed by atoms with Crippen molar-refractivity contribution in [3.8, 4) is 0 Å². The lowest BCUT2D eigenvalue weighted by Crippen LogP contribution is -2.43. The molecule has 0 aromatic heterocycles. The second-order valence-electron chi connectivity index (χ2n) is 7.43. The summed E-state index contributed by atoms with van der Waals surface area (Å²) in [5, 5.41) is 6.76. The molecule has 0 saturated carbocycles. The molecule has 0 radical (unpaired) electrons. The van der Waals surface area contributed by atoms with Gasteiger partial charge in [0.2, 0.25) is 0 Å². The zero-order valence-corrected chi connectivity index (χ0v) is 16.5. The maximum atomic E-state index is 13.3. The third-order valence-electron chi connectivity index (χ3n) is 5.45. The SMILES string of the molecule is N/N=C(\NN)c1cc(COCC2(c3ccccc3)CCNCC2)cc(C(F)(F)F)c1. The molecule has 1 fully saturated rings. The van der Waals surface area contributed by atoms with Gasteiger partial charge in [0.25, 0.3) is 0 Å². The molecule has 0 aliphatic carbocycles. The summed E-state index contributed by atoms with van der Waals surface area (Å²) in [5.41, 5.74) is 2.94. The number of amidine groups is 1. The first-order chi connectivity index (χ1) is 14.4. The van der Waals surface area contributed by atoms with Gasteiger partial charge in [0.1, 0.15) is 0 Å². The predicted octanol–water partition coefficient (Wildman–Crippen LogP) is 2.63. The fourth-order valence-corrected chi connectivity index (χ4v) is 3.85. The topological polar surface area (TPSA) is 97.7 Å². The van der Waals surface area contributed by atoms with E-state index in [2.05, 4.69) is 28.0 Å². The summed E-state index contributed by atoms with van der Waals surface area (Å²) >= 11 is 0. The van der Waals surface area contributed by atoms with E-state index in [4.69, 9.17) is 16.4 Å². The van der Waals surface area contributed by atoms with E-state index in [1.54, 1.807) is 6.07 Å². The molecule has 1 aliphatic rings. The second-order valence-corrected chi connectivity index (χ2v) is 7.43. The summed E-state index contributed by atoms with van der Waals surface area (Å²) in [6, 6.07) is 13.7. The van der Waals surface area contributed by atoms with E-state index >= 15 is 0 Å². The minimum Gasteiger partial charge on any atom is -0.376 e. The molecule has 162 valence electrons. The highest BCUT2D eigenvalue weighted by Crippen LogP contribution is 2.35. The number of nitrogens with two attached hydrogens (primary N) is 2. The standard InChI is InChI=1S/C21H26F3N5O/c22-21(23,24)18-11-15(10-16(12-18)19(28-25)29-26)13-30-14-20(6-8-27-9-7-20)17-4-2-1-3-5-17/h1-5,10-12,27H,6-9,13-14,25-26H2,(H,28,29). The molecule has 2 aromatic rings. The number of hydrazone groups is 1. The third kappa shape index (κ3) is 5.10. The van der Waals surface area contributed by atoms with Crippen LogP contribution in [-0.4, -0.2) is 25.5 Å². The van der Waals surface area contributed by atoms with Gasteiger partial charge in [0.15, 0.2) is 5.84 Å². The van der Waals surface area contributed by atoms with E-state index in [-0.39, 0.29) is 23.4 Å². The van der Waals surface area contributed by atoms with E-state index in [1.165, 1.54) is 5.56 Å². The summed E-state index contributed by atoms with van der Waals surface area (Å²) in [4.78, 5) is 0. The van der Waals surface area contributed by atoms with Crippen molar-refractivity contribution in [3.05, 3.63) is 70.8 Å². The van der Waals surface area contributed by atoms with Crippen LogP contribution in [0.2, 0.25) is 0 Å². The Hall–Kier alpha value is -2.62. The van der Waals surface area contributed by atoms with Crippen molar-refractivity contribution < 1.29 is 17.9 Å². The lowest BCUT2D eigenvalue weighted by Gasteiger charge is -2.38. The van der Waals surface area contributed by atoms with Crippen molar-refractivity contribution in [1.82, 2.24) is 10.7 Å². The number of piperidine rings is 1. The number of nitrogens with one attached hydrogen (secondary N) is 2. The molecule has 1 aliphatic heterocycles. The van der Waals surface area contributed by atoms with Gasteiger partial charge in [-0.3, -0.25) is 0 Å². The van der Waals surface area contributed by atoms with E-state index in [0.717, 1.165) is 38.1 Å². The highest BCUT2D eigenvalue weighted by Gasteiger charge is 2.34. The summed E-state index contributed by atoms with van der Waals surface area (Å²) < 4.78 is 46.0. The Morgan fingerprint density at radius 2 is 1.83 bits per heavy atom. The van der Waals surface area contributed by atoms with Crippen molar-refractivity contribution >= 4 is 5.84 Å². The van der Waals surface area contributed by atoms with Crippen LogP contribution in [-0.2, 0) is 22.9 Å². The maximum absolute atomic E-state index is 13.3. The number of hydrazine groups is 1. The van der Waals surface area contributed by atoms with Crippen LogP contribution in [0.3, 0.4) is 0 Å². The lowest BCUT2D eigenvalue weighted by molar-refractivity contribution is -0.137. The number of hydrogen-bond donors (Lipinski definition) is 4. The Labute approximate surface area is 173 Å². The molecule has 30 heavy (non-hydrogen) atoms. The normalized spacial score (nSPS) is 17.0. The minimum atomic E-state index is -4.51. The lowest BCUT2D eigenvalue weighted by atomic mass is 9.74. The molecule has 1 heterocycles. The monoisotopic (exact) mass is 421 g/mol. The van der Waals surface area contributed by atoms with Crippen molar-refractivity contribution in [3.63, 3.8) is 0 Å². The van der Waals surface area contributed by atoms with Crippen molar-refractivity contribution in [1.29, 1.82) is 0 Å². The fraction of sp³-hybridized carbons (Fsp3) is 0.381. The van der Waals surface area contributed by atoms with Crippen LogP contribution < -0.4 is 22.4 Å². The van der Waals surface area contributed by atoms with Gasteiger partial charge in [-0.05, 0) is 55.3 Å². The highest BCUT2D eigenvalue weighted by atomic mass is 19.4. The summed E-state index contributed by atoms with van der Waals surface area (Å²) in [6.45, 7) is 2.17. The Morgan fingerprint density at radius 3 is 2.43 bits per heavy atom. The van der Waals surface area contributed by atoms with Crippen LogP contribution in [0.1, 0.15) is 35.1 Å². The molecule has 0 unspecified atom stereocenters. The molecule has 3 rings (SSSR count). The smallest absolute Gasteiger partial charge is 0.376 e. The second kappa shape index (κ2) is 9.46. The first-order valence-electron chi connectivity index (χ1n) is 9.68. The van der Waals surface area contributed by atoms with Crippen LogP contribution >= 0.6 is 0 Å². The number of halogens is 3. The van der Waals surface area contributed by atoms with Crippen molar-refractivity contribution in [2.75, 3.05) is 19.7 Å². The number of benzene rings is 2. The van der Waals surface area contributed by atoms with Gasteiger partial charge in [0, 0.05) is 11.0 Å². The van der Waals surface area contributed by atoms with Gasteiger partial charge in [-0.2, -0.15) is 18.3 Å². The first kappa shape index (κ1) is 22.1. The van der Waals surface area contributed by atoms with Crippen LogP contribution in [0, 0.1) is 0 Å². The van der Waals surface area contributed by atoms with Crippen LogP contribution in [0.4, 0.5) is 13.2 Å². The molecule has 2 aromatic carbocycles. The Kier molecular flexibility index (Phi) is 6.96. The highest BCUT2D eigenvalue weighted by molar-refractivity contribution is 5.98. The van der Waals surface area contributed by atoms with Gasteiger partial charge < -0.3 is 21.3 Å². The Balaban J connectivity index is 1.81.